The van der Waals surface area contributed by atoms with E-state index in [0.29, 0.717) is 44.9 Å². The number of carbonyl (C=O) groups is 2. The lowest BCUT2D eigenvalue weighted by Crippen LogP contribution is -2.02. The van der Waals surface area contributed by atoms with Gasteiger partial charge in [0, 0.05) is 46.0 Å². The van der Waals surface area contributed by atoms with Crippen molar-refractivity contribution in [1.29, 1.82) is 0 Å². The van der Waals surface area contributed by atoms with Gasteiger partial charge in [0.25, 0.3) is 0 Å². The normalized spacial score (nSPS) is 14.2. The van der Waals surface area contributed by atoms with Crippen LogP contribution in [0.15, 0.2) is 94.2 Å². The Hall–Kier alpha value is -6.10. The van der Waals surface area contributed by atoms with Crippen LogP contribution in [-0.2, 0) is 16.0 Å². The Labute approximate surface area is 442 Å². The molecule has 74 heavy (non-hydrogen) atoms. The van der Waals surface area contributed by atoms with Crippen LogP contribution in [0, 0.1) is 13.8 Å². The van der Waals surface area contributed by atoms with Gasteiger partial charge in [0.15, 0.2) is 0 Å². The zero-order chi connectivity index (χ0) is 54.8. The van der Waals surface area contributed by atoms with Crippen molar-refractivity contribution in [2.45, 2.75) is 199 Å². The highest BCUT2D eigenvalue weighted by Gasteiger charge is 2.24. The second kappa shape index (κ2) is 29.1. The van der Waals surface area contributed by atoms with Crippen molar-refractivity contribution >= 4 is 56.3 Å². The number of nitrogens with zero attached hydrogens (tertiary/aromatic N) is 2. The Morgan fingerprint density at radius 3 is 1.38 bits per heavy atom. The quantitative estimate of drug-likeness (QED) is 0.0402. The molecule has 0 saturated heterocycles. The van der Waals surface area contributed by atoms with Gasteiger partial charge in [-0.15, -0.1) is 0 Å². The van der Waals surface area contributed by atoms with E-state index in [1.807, 2.05) is 52.0 Å². The van der Waals surface area contributed by atoms with Crippen LogP contribution in [0.25, 0.3) is 44.4 Å². The first-order chi connectivity index (χ1) is 35.0. The standard InChI is InChI=1S/C34H38N4O6.C30H50/c1-15-21(7-9-31(41)42)27-14-28-22(8-10-32(43)44)16(2)24(36-28)12-29-34(20(6)40)18(4)26(38-29)13-30-33(19(5)39)17(3)25(37-30)11-23(15)35-27;1-25(2)15-11-19-29(7)23-13-21-27(5)17-9-10-18-28(6)22-14-24-30(8)20-12-16-26(3)4/h11-14,19-20,35,38-40H,7-10H2,1-6H3,(H,41,42)(H,43,44);15-18,23-24H,9-14,19-22H2,1-8H3/b;27-17+,28-18+,29-23+,30-24+. The van der Waals surface area contributed by atoms with E-state index in [9.17, 15) is 30.0 Å². The number of aryl methyl sites for hydroxylation is 3. The first-order valence-corrected chi connectivity index (χ1v) is 26.8. The van der Waals surface area contributed by atoms with Gasteiger partial charge >= 0.3 is 11.9 Å². The van der Waals surface area contributed by atoms with Gasteiger partial charge in [0.1, 0.15) is 0 Å². The second-order valence-corrected chi connectivity index (χ2v) is 21.2. The summed E-state index contributed by atoms with van der Waals surface area (Å²) in [4.78, 5) is 39.8. The summed E-state index contributed by atoms with van der Waals surface area (Å²) >= 11 is 0. The summed E-state index contributed by atoms with van der Waals surface area (Å²) in [6, 6.07) is 7.51. The molecule has 0 fully saturated rings. The number of nitrogens with one attached hydrogen (secondary N) is 2. The van der Waals surface area contributed by atoms with Crippen molar-refractivity contribution in [3.63, 3.8) is 0 Å². The van der Waals surface area contributed by atoms with Gasteiger partial charge < -0.3 is 30.4 Å². The van der Waals surface area contributed by atoms with Crippen LogP contribution in [0.1, 0.15) is 218 Å². The molecular formula is C64H88N4O6. The van der Waals surface area contributed by atoms with Crippen molar-refractivity contribution in [2.75, 3.05) is 0 Å². The average Bonchev–Trinajstić information content (AvgIpc) is 3.98. The summed E-state index contributed by atoms with van der Waals surface area (Å²) < 4.78 is 0. The highest BCUT2D eigenvalue weighted by molar-refractivity contribution is 5.96. The SMILES string of the molecule is CC(C)=CCC/C(C)=C/CC/C(C)=C/CC/C=C(\C)CC/C=C(\C)CCC=C(C)C.CC1=C(CCC(=O)O)c2cc3[nH]c(cc4nc(cc5[nH]c(cc1n2)c(C(C)O)c5C)C(C(C)O)=C4C)c(C)c3CCC(=O)O. The predicted molar refractivity (Wildman–Crippen MR) is 311 cm³/mol. The molecule has 3 aromatic heterocycles. The molecule has 2 aliphatic heterocycles. The van der Waals surface area contributed by atoms with Crippen molar-refractivity contribution < 1.29 is 30.0 Å². The zero-order valence-electron chi connectivity index (χ0n) is 47.3. The van der Waals surface area contributed by atoms with Crippen LogP contribution in [-0.4, -0.2) is 58.4 Å². The van der Waals surface area contributed by atoms with E-state index in [0.717, 1.165) is 44.4 Å². The number of carboxylic acid groups (broad SMARTS) is 2. The number of H-pyrrole nitrogens is 2. The van der Waals surface area contributed by atoms with Gasteiger partial charge in [-0.1, -0.05) is 69.9 Å². The van der Waals surface area contributed by atoms with Crippen molar-refractivity contribution in [3.8, 4) is 0 Å². The fraction of sp³-hybridized carbons (Fsp3) is 0.469. The van der Waals surface area contributed by atoms with Crippen LogP contribution in [0.5, 0.6) is 0 Å². The van der Waals surface area contributed by atoms with E-state index in [1.165, 1.54) is 97.6 Å². The minimum Gasteiger partial charge on any atom is -0.481 e. The van der Waals surface area contributed by atoms with Crippen LogP contribution in [0.4, 0.5) is 0 Å². The summed E-state index contributed by atoms with van der Waals surface area (Å²) in [6.45, 7) is 28.9. The molecule has 8 bridgehead atoms. The minimum absolute atomic E-state index is 0.0628. The Morgan fingerprint density at radius 2 is 0.892 bits per heavy atom. The third-order valence-corrected chi connectivity index (χ3v) is 14.0. The van der Waals surface area contributed by atoms with E-state index in [4.69, 9.17) is 9.97 Å². The maximum Gasteiger partial charge on any atom is 0.303 e. The number of allylic oxidation sites excluding steroid dienone is 15. The Bertz CT molecular complexity index is 2850. The summed E-state index contributed by atoms with van der Waals surface area (Å²) in [5.41, 5.74) is 20.7. The van der Waals surface area contributed by atoms with E-state index in [1.54, 1.807) is 13.8 Å². The van der Waals surface area contributed by atoms with Gasteiger partial charge in [0.05, 0.1) is 35.0 Å². The number of aromatic nitrogens is 4. The number of rotatable bonds is 23. The number of aliphatic carboxylic acids is 2. The van der Waals surface area contributed by atoms with Crippen molar-refractivity contribution in [2.24, 2.45) is 0 Å². The Balaban J connectivity index is 0.000000348. The lowest BCUT2D eigenvalue weighted by Gasteiger charge is -2.07. The topological polar surface area (TPSA) is 172 Å². The Morgan fingerprint density at radius 1 is 0.486 bits per heavy atom. The van der Waals surface area contributed by atoms with Gasteiger partial charge in [0.2, 0.25) is 0 Å². The molecule has 400 valence electrons. The molecule has 2 aliphatic rings. The molecule has 2 unspecified atom stereocenters. The summed E-state index contributed by atoms with van der Waals surface area (Å²) in [6.07, 6.45) is 25.1. The van der Waals surface area contributed by atoms with Crippen LogP contribution in [0.3, 0.4) is 0 Å². The number of carboxylic acids is 2. The highest BCUT2D eigenvalue weighted by atomic mass is 16.4. The molecule has 0 spiro atoms. The lowest BCUT2D eigenvalue weighted by molar-refractivity contribution is -0.137. The molecule has 10 heteroatoms. The van der Waals surface area contributed by atoms with Gasteiger partial charge in [-0.2, -0.15) is 0 Å². The maximum atomic E-state index is 11.6. The summed E-state index contributed by atoms with van der Waals surface area (Å²) in [7, 11) is 0. The molecule has 3 aromatic rings. The van der Waals surface area contributed by atoms with E-state index < -0.39 is 24.1 Å². The molecule has 5 rings (SSSR count). The first-order valence-electron chi connectivity index (χ1n) is 26.8. The largest absolute Gasteiger partial charge is 0.481 e. The van der Waals surface area contributed by atoms with Gasteiger partial charge in [-0.3, -0.25) is 9.59 Å². The van der Waals surface area contributed by atoms with Crippen LogP contribution < -0.4 is 0 Å². The number of aliphatic hydroxyl groups is 2. The number of fused-ring (bicyclic) bond motifs is 8. The van der Waals surface area contributed by atoms with E-state index in [-0.39, 0.29) is 25.7 Å². The molecule has 0 radical (unpaired) electrons. The number of hydrogen-bond acceptors (Lipinski definition) is 6. The minimum atomic E-state index is -0.917. The Kier molecular flexibility index (Phi) is 23.8. The molecule has 0 aliphatic carbocycles. The number of aliphatic hydroxyl groups excluding tert-OH is 2. The average molecular weight is 1010 g/mol. The number of unbranched alkanes of at least 4 members (excludes halogenated alkanes) is 1. The van der Waals surface area contributed by atoms with Crippen molar-refractivity contribution in [3.05, 3.63) is 139 Å². The predicted octanol–water partition coefficient (Wildman–Crippen LogP) is 16.7. The van der Waals surface area contributed by atoms with Crippen LogP contribution >= 0.6 is 0 Å². The van der Waals surface area contributed by atoms with E-state index in [2.05, 4.69) is 102 Å². The van der Waals surface area contributed by atoms with Gasteiger partial charge in [-0.25, -0.2) is 9.97 Å². The molecular weight excluding hydrogens is 921 g/mol. The third-order valence-electron chi connectivity index (χ3n) is 14.0. The molecule has 6 N–H and O–H groups in total. The summed E-state index contributed by atoms with van der Waals surface area (Å²) in [5, 5.41) is 40.5. The number of hydrogen-bond donors (Lipinski definition) is 6. The fourth-order valence-electron chi connectivity index (χ4n) is 9.65. The number of aromatic amines is 2. The zero-order valence-corrected chi connectivity index (χ0v) is 47.3. The smallest absolute Gasteiger partial charge is 0.303 e. The fourth-order valence-corrected chi connectivity index (χ4v) is 9.65. The molecule has 0 amide bonds. The van der Waals surface area contributed by atoms with E-state index >= 15 is 0 Å². The molecule has 0 aromatic carbocycles. The molecule has 10 nitrogen and oxygen atoms in total. The lowest BCUT2D eigenvalue weighted by atomic mass is 9.99. The van der Waals surface area contributed by atoms with Crippen molar-refractivity contribution in [1.82, 2.24) is 19.9 Å². The molecule has 5 heterocycles. The van der Waals surface area contributed by atoms with Gasteiger partial charge in [-0.05, 0) is 232 Å². The third kappa shape index (κ3) is 18.4. The molecule has 0 saturated carbocycles. The first kappa shape index (κ1) is 60.5. The highest BCUT2D eigenvalue weighted by Crippen LogP contribution is 2.38. The maximum absolute atomic E-state index is 11.6. The molecule has 2 atom stereocenters. The second-order valence-electron chi connectivity index (χ2n) is 21.2. The monoisotopic (exact) mass is 1010 g/mol. The summed E-state index contributed by atoms with van der Waals surface area (Å²) in [5.74, 6) is -1.83. The van der Waals surface area contributed by atoms with Crippen LogP contribution in [0.2, 0.25) is 0 Å².